The number of benzene rings is 1. The summed E-state index contributed by atoms with van der Waals surface area (Å²) in [6, 6.07) is 5.26. The minimum atomic E-state index is -0.109. The number of carbonyl (C=O) groups excluding carboxylic acids is 2. The molecule has 0 aliphatic carbocycles. The van der Waals surface area contributed by atoms with Crippen molar-refractivity contribution in [1.82, 2.24) is 0 Å². The summed E-state index contributed by atoms with van der Waals surface area (Å²) >= 11 is 0. The summed E-state index contributed by atoms with van der Waals surface area (Å²) < 4.78 is 5.37. The largest absolute Gasteiger partial charge is 0.382 e. The smallest absolute Gasteiger partial charge is 0.162 e. The van der Waals surface area contributed by atoms with Crippen LogP contribution in [0.5, 0.6) is 0 Å². The number of ether oxygens (including phenoxy) is 1. The van der Waals surface area contributed by atoms with E-state index in [-0.39, 0.29) is 11.6 Å². The van der Waals surface area contributed by atoms with Crippen LogP contribution in [0.2, 0.25) is 0 Å². The van der Waals surface area contributed by atoms with Gasteiger partial charge in [0.05, 0.1) is 12.2 Å². The van der Waals surface area contributed by atoms with Gasteiger partial charge in [-0.25, -0.2) is 0 Å². The van der Waals surface area contributed by atoms with Crippen LogP contribution < -0.4 is 5.32 Å². The Kier molecular flexibility index (Phi) is 6.22. The zero-order valence-corrected chi connectivity index (χ0v) is 11.8. The zero-order chi connectivity index (χ0) is 14.3. The Balaban J connectivity index is 2.80. The van der Waals surface area contributed by atoms with Gasteiger partial charge in [0.2, 0.25) is 0 Å². The number of anilines is 1. The van der Waals surface area contributed by atoms with Crippen LogP contribution in [-0.2, 0) is 4.74 Å². The lowest BCUT2D eigenvalue weighted by atomic mass is 9.99. The molecule has 104 valence electrons. The highest BCUT2D eigenvalue weighted by Gasteiger charge is 2.15. The van der Waals surface area contributed by atoms with E-state index in [1.165, 1.54) is 13.8 Å². The molecule has 1 N–H and O–H groups in total. The van der Waals surface area contributed by atoms with Crippen LogP contribution in [0.3, 0.4) is 0 Å². The van der Waals surface area contributed by atoms with Crippen LogP contribution in [0, 0.1) is 0 Å². The molecule has 0 aromatic heterocycles. The molecule has 0 saturated heterocycles. The van der Waals surface area contributed by atoms with E-state index in [4.69, 9.17) is 4.74 Å². The lowest BCUT2D eigenvalue weighted by Gasteiger charge is -2.13. The molecule has 0 heterocycles. The van der Waals surface area contributed by atoms with Crippen LogP contribution >= 0.6 is 0 Å². The number of hydrogen-bond donors (Lipinski definition) is 1. The summed E-state index contributed by atoms with van der Waals surface area (Å²) in [4.78, 5) is 23.2. The fourth-order valence-electron chi connectivity index (χ4n) is 1.88. The standard InChI is InChI=1S/C15H21NO3/c1-4-9-19-10-8-16-14-7-5-6-13(11(2)17)15(14)12(3)18/h5-7,16H,4,8-10H2,1-3H3. The van der Waals surface area contributed by atoms with Crippen LogP contribution in [0.1, 0.15) is 47.9 Å². The maximum absolute atomic E-state index is 11.7. The van der Waals surface area contributed by atoms with E-state index in [1.807, 2.05) is 6.07 Å². The first-order chi connectivity index (χ1) is 9.07. The number of rotatable bonds is 8. The highest BCUT2D eigenvalue weighted by molar-refractivity contribution is 6.10. The lowest BCUT2D eigenvalue weighted by Crippen LogP contribution is -2.14. The van der Waals surface area contributed by atoms with Gasteiger partial charge in [0.1, 0.15) is 0 Å². The summed E-state index contributed by atoms with van der Waals surface area (Å²) in [6.07, 6.45) is 0.985. The third-order valence-electron chi connectivity index (χ3n) is 2.71. The number of carbonyl (C=O) groups is 2. The van der Waals surface area contributed by atoms with Crippen molar-refractivity contribution < 1.29 is 14.3 Å². The molecular formula is C15H21NO3. The molecular weight excluding hydrogens is 242 g/mol. The van der Waals surface area contributed by atoms with Crippen molar-refractivity contribution in [2.24, 2.45) is 0 Å². The summed E-state index contributed by atoms with van der Waals surface area (Å²) in [5, 5.41) is 3.15. The van der Waals surface area contributed by atoms with Crippen molar-refractivity contribution in [3.63, 3.8) is 0 Å². The maximum atomic E-state index is 11.7. The van der Waals surface area contributed by atoms with E-state index >= 15 is 0 Å². The number of Topliss-reactive ketones (excluding diaryl/α,β-unsaturated/α-hetero) is 2. The number of nitrogens with one attached hydrogen (secondary N) is 1. The summed E-state index contributed by atoms with van der Waals surface area (Å²) in [6.45, 7) is 6.92. The monoisotopic (exact) mass is 263 g/mol. The Labute approximate surface area is 114 Å². The molecule has 4 nitrogen and oxygen atoms in total. The Morgan fingerprint density at radius 1 is 1.16 bits per heavy atom. The minimum Gasteiger partial charge on any atom is -0.382 e. The first-order valence-electron chi connectivity index (χ1n) is 6.54. The average Bonchev–Trinajstić information content (AvgIpc) is 2.37. The second kappa shape index (κ2) is 7.69. The Hall–Kier alpha value is -1.68. The molecule has 0 aliphatic rings. The van der Waals surface area contributed by atoms with E-state index < -0.39 is 0 Å². The van der Waals surface area contributed by atoms with Gasteiger partial charge in [-0.05, 0) is 26.3 Å². The topological polar surface area (TPSA) is 55.4 Å². The van der Waals surface area contributed by atoms with Gasteiger partial charge >= 0.3 is 0 Å². The van der Waals surface area contributed by atoms with Crippen molar-refractivity contribution in [2.75, 3.05) is 25.1 Å². The molecule has 1 rings (SSSR count). The van der Waals surface area contributed by atoms with Crippen molar-refractivity contribution in [3.05, 3.63) is 29.3 Å². The predicted octanol–water partition coefficient (Wildman–Crippen LogP) is 2.93. The molecule has 0 atom stereocenters. The lowest BCUT2D eigenvalue weighted by molar-refractivity contribution is 0.0981. The van der Waals surface area contributed by atoms with Gasteiger partial charge in [0.25, 0.3) is 0 Å². The van der Waals surface area contributed by atoms with E-state index in [9.17, 15) is 9.59 Å². The fourth-order valence-corrected chi connectivity index (χ4v) is 1.88. The van der Waals surface area contributed by atoms with Gasteiger partial charge in [0, 0.05) is 24.4 Å². The Bertz CT molecular complexity index is 455. The van der Waals surface area contributed by atoms with E-state index in [1.54, 1.807) is 12.1 Å². The van der Waals surface area contributed by atoms with Gasteiger partial charge in [-0.15, -0.1) is 0 Å². The summed E-state index contributed by atoms with van der Waals surface area (Å²) in [5.74, 6) is -0.209. The predicted molar refractivity (Wildman–Crippen MR) is 76.1 cm³/mol. The van der Waals surface area contributed by atoms with E-state index in [2.05, 4.69) is 12.2 Å². The molecule has 0 unspecified atom stereocenters. The molecule has 1 aromatic carbocycles. The van der Waals surface area contributed by atoms with Crippen molar-refractivity contribution in [3.8, 4) is 0 Å². The Morgan fingerprint density at radius 2 is 1.89 bits per heavy atom. The molecule has 0 amide bonds. The van der Waals surface area contributed by atoms with Gasteiger partial charge in [-0.1, -0.05) is 19.1 Å². The van der Waals surface area contributed by atoms with Crippen molar-refractivity contribution in [2.45, 2.75) is 27.2 Å². The second-order valence-corrected chi connectivity index (χ2v) is 4.38. The van der Waals surface area contributed by atoms with Crippen molar-refractivity contribution >= 4 is 17.3 Å². The number of hydrogen-bond acceptors (Lipinski definition) is 4. The van der Waals surface area contributed by atoms with Gasteiger partial charge in [-0.3, -0.25) is 9.59 Å². The normalized spacial score (nSPS) is 10.3. The van der Waals surface area contributed by atoms with Gasteiger partial charge in [0.15, 0.2) is 11.6 Å². The fraction of sp³-hybridized carbons (Fsp3) is 0.467. The molecule has 0 saturated carbocycles. The summed E-state index contributed by atoms with van der Waals surface area (Å²) in [5.41, 5.74) is 1.62. The first-order valence-corrected chi connectivity index (χ1v) is 6.54. The molecule has 19 heavy (non-hydrogen) atoms. The average molecular weight is 263 g/mol. The van der Waals surface area contributed by atoms with Crippen LogP contribution in [0.15, 0.2) is 18.2 Å². The molecule has 0 radical (unpaired) electrons. The maximum Gasteiger partial charge on any atom is 0.162 e. The third-order valence-corrected chi connectivity index (χ3v) is 2.71. The van der Waals surface area contributed by atoms with E-state index in [0.29, 0.717) is 30.0 Å². The van der Waals surface area contributed by atoms with Gasteiger partial charge in [-0.2, -0.15) is 0 Å². The molecule has 0 spiro atoms. The molecule has 1 aromatic rings. The molecule has 0 aliphatic heterocycles. The minimum absolute atomic E-state index is 0.101. The Morgan fingerprint density at radius 3 is 2.47 bits per heavy atom. The second-order valence-electron chi connectivity index (χ2n) is 4.38. The highest BCUT2D eigenvalue weighted by Crippen LogP contribution is 2.21. The quantitative estimate of drug-likeness (QED) is 0.578. The molecule has 0 fully saturated rings. The van der Waals surface area contributed by atoms with Gasteiger partial charge < -0.3 is 10.1 Å². The van der Waals surface area contributed by atoms with Crippen LogP contribution in [0.4, 0.5) is 5.69 Å². The third kappa shape index (κ3) is 4.48. The number of ketones is 2. The first kappa shape index (κ1) is 15.4. The van der Waals surface area contributed by atoms with Crippen LogP contribution in [-0.4, -0.2) is 31.3 Å². The zero-order valence-electron chi connectivity index (χ0n) is 11.8. The van der Waals surface area contributed by atoms with E-state index in [0.717, 1.165) is 13.0 Å². The molecule has 4 heteroatoms. The van der Waals surface area contributed by atoms with Crippen LogP contribution in [0.25, 0.3) is 0 Å². The summed E-state index contributed by atoms with van der Waals surface area (Å²) in [7, 11) is 0. The SMILES string of the molecule is CCCOCCNc1cccc(C(C)=O)c1C(C)=O. The van der Waals surface area contributed by atoms with Crippen molar-refractivity contribution in [1.29, 1.82) is 0 Å². The highest BCUT2D eigenvalue weighted by atomic mass is 16.5. The molecule has 0 bridgehead atoms.